The molecule has 3 N–H and O–H groups in total. The van der Waals surface area contributed by atoms with Crippen molar-refractivity contribution in [3.8, 4) is 0 Å². The minimum atomic E-state index is -0.904. The van der Waals surface area contributed by atoms with Crippen molar-refractivity contribution < 1.29 is 9.59 Å². The first kappa shape index (κ1) is 19.9. The second-order valence-corrected chi connectivity index (χ2v) is 8.04. The second-order valence-electron chi connectivity index (χ2n) is 7.07. The summed E-state index contributed by atoms with van der Waals surface area (Å²) in [5.41, 5.74) is 2.47. The Labute approximate surface area is 177 Å². The third kappa shape index (κ3) is 4.44. The average Bonchev–Trinajstić information content (AvgIpc) is 2.72. The van der Waals surface area contributed by atoms with Gasteiger partial charge in [0, 0.05) is 17.9 Å². The zero-order chi connectivity index (χ0) is 21.1. The van der Waals surface area contributed by atoms with Gasteiger partial charge in [-0.1, -0.05) is 54.2 Å². The molecule has 0 unspecified atom stereocenters. The van der Waals surface area contributed by atoms with Crippen LogP contribution in [0.2, 0.25) is 0 Å². The largest absolute Gasteiger partial charge is 0.326 e. The maximum atomic E-state index is 12.9. The molecule has 0 saturated heterocycles. The highest BCUT2D eigenvalue weighted by molar-refractivity contribution is 7.98. The number of carbonyl (C=O) groups is 2. The van der Waals surface area contributed by atoms with E-state index in [0.717, 1.165) is 11.1 Å². The van der Waals surface area contributed by atoms with Gasteiger partial charge in [0.25, 0.3) is 5.56 Å². The molecule has 30 heavy (non-hydrogen) atoms. The predicted octanol–water partition coefficient (Wildman–Crippen LogP) is 3.44. The van der Waals surface area contributed by atoms with E-state index in [1.165, 1.54) is 11.8 Å². The Bertz CT molecular complexity index is 1160. The number of benzene rings is 2. The van der Waals surface area contributed by atoms with Gasteiger partial charge in [-0.05, 0) is 30.2 Å². The monoisotopic (exact) mass is 420 g/mol. The second kappa shape index (κ2) is 8.54. The van der Waals surface area contributed by atoms with Crippen molar-refractivity contribution >= 4 is 35.1 Å². The van der Waals surface area contributed by atoms with Gasteiger partial charge >= 0.3 is 0 Å². The number of nitrogens with zero attached hydrogens (tertiary/aromatic N) is 1. The third-order valence-corrected chi connectivity index (χ3v) is 5.69. The number of H-pyrrole nitrogens is 1. The zero-order valence-corrected chi connectivity index (χ0v) is 17.1. The number of hydrogen-bond donors (Lipinski definition) is 3. The molecule has 0 fully saturated rings. The van der Waals surface area contributed by atoms with Crippen LogP contribution in [0.15, 0.2) is 64.5 Å². The van der Waals surface area contributed by atoms with Crippen LogP contribution < -0.4 is 16.2 Å². The van der Waals surface area contributed by atoms with Crippen LogP contribution in [0.25, 0.3) is 0 Å². The summed E-state index contributed by atoms with van der Waals surface area (Å²) < 4.78 is 0. The highest BCUT2D eigenvalue weighted by Gasteiger charge is 2.34. The molecule has 4 rings (SSSR count). The zero-order valence-electron chi connectivity index (χ0n) is 16.3. The lowest BCUT2D eigenvalue weighted by molar-refractivity contribution is -0.123. The van der Waals surface area contributed by atoms with Crippen LogP contribution in [0.5, 0.6) is 0 Å². The topological polar surface area (TPSA) is 104 Å². The number of amides is 2. The summed E-state index contributed by atoms with van der Waals surface area (Å²) in [5, 5.41) is 5.82. The Balaban J connectivity index is 1.58. The Kier molecular flexibility index (Phi) is 5.67. The van der Waals surface area contributed by atoms with E-state index in [9.17, 15) is 14.4 Å². The van der Waals surface area contributed by atoms with Crippen LogP contribution in [-0.2, 0) is 15.3 Å². The van der Waals surface area contributed by atoms with Gasteiger partial charge in [0.1, 0.15) is 5.82 Å². The summed E-state index contributed by atoms with van der Waals surface area (Å²) in [6.45, 7) is 1.92. The molecule has 0 spiro atoms. The van der Waals surface area contributed by atoms with Crippen LogP contribution in [0, 0.1) is 6.92 Å². The highest BCUT2D eigenvalue weighted by atomic mass is 32.2. The molecule has 0 bridgehead atoms. The molecule has 2 heterocycles. The summed E-state index contributed by atoms with van der Waals surface area (Å²) in [7, 11) is 0. The van der Waals surface area contributed by atoms with Gasteiger partial charge in [0.15, 0.2) is 5.16 Å². The Morgan fingerprint density at radius 1 is 1.17 bits per heavy atom. The summed E-state index contributed by atoms with van der Waals surface area (Å²) in [4.78, 5) is 45.0. The molecule has 0 aliphatic carbocycles. The number of carbonyl (C=O) groups excluding carboxylic acids is 2. The number of rotatable bonds is 5. The quantitative estimate of drug-likeness (QED) is 0.433. The highest BCUT2D eigenvalue weighted by Crippen LogP contribution is 2.31. The van der Waals surface area contributed by atoms with Crippen molar-refractivity contribution in [3.05, 3.63) is 81.6 Å². The van der Waals surface area contributed by atoms with Crippen LogP contribution >= 0.6 is 11.8 Å². The average molecular weight is 420 g/mol. The van der Waals surface area contributed by atoms with Gasteiger partial charge in [-0.3, -0.25) is 14.4 Å². The molecule has 1 aliphatic rings. The smallest absolute Gasteiger partial charge is 0.257 e. The van der Waals surface area contributed by atoms with Crippen molar-refractivity contribution in [2.24, 2.45) is 0 Å². The molecule has 1 atom stereocenters. The van der Waals surface area contributed by atoms with E-state index in [2.05, 4.69) is 20.6 Å². The van der Waals surface area contributed by atoms with E-state index >= 15 is 0 Å². The van der Waals surface area contributed by atoms with Gasteiger partial charge in [0.2, 0.25) is 11.8 Å². The molecular weight excluding hydrogens is 400 g/mol. The third-order valence-electron chi connectivity index (χ3n) is 4.75. The van der Waals surface area contributed by atoms with Gasteiger partial charge in [-0.25, -0.2) is 4.98 Å². The van der Waals surface area contributed by atoms with E-state index in [4.69, 9.17) is 0 Å². The molecule has 0 saturated carbocycles. The Hall–Kier alpha value is -3.39. The van der Waals surface area contributed by atoms with E-state index in [1.807, 2.05) is 55.5 Å². The van der Waals surface area contributed by atoms with Gasteiger partial charge < -0.3 is 15.6 Å². The molecule has 0 radical (unpaired) electrons. The van der Waals surface area contributed by atoms with E-state index in [0.29, 0.717) is 16.6 Å². The van der Waals surface area contributed by atoms with Gasteiger partial charge in [0.05, 0.1) is 11.5 Å². The summed E-state index contributed by atoms with van der Waals surface area (Å²) in [6, 6.07) is 17.1. The first-order valence-corrected chi connectivity index (χ1v) is 10.5. The lowest BCUT2D eigenvalue weighted by Gasteiger charge is -2.23. The van der Waals surface area contributed by atoms with E-state index < -0.39 is 17.4 Å². The number of nitrogens with one attached hydrogen (secondary N) is 3. The number of hydrogen-bond acceptors (Lipinski definition) is 5. The fourth-order valence-corrected chi connectivity index (χ4v) is 4.14. The summed E-state index contributed by atoms with van der Waals surface area (Å²) in [5.74, 6) is -0.889. The number of fused-ring (bicyclic) bond motifs is 1. The summed E-state index contributed by atoms with van der Waals surface area (Å²) >= 11 is 1.36. The van der Waals surface area contributed by atoms with Crippen molar-refractivity contribution in [2.45, 2.75) is 30.2 Å². The molecule has 7 nitrogen and oxygen atoms in total. The minimum absolute atomic E-state index is 0.105. The number of thioether (sulfide) groups is 1. The van der Waals surface area contributed by atoms with Gasteiger partial charge in [-0.2, -0.15) is 0 Å². The first-order valence-electron chi connectivity index (χ1n) is 9.48. The lowest BCUT2D eigenvalue weighted by Crippen LogP contribution is -2.36. The lowest BCUT2D eigenvalue weighted by atomic mass is 9.92. The molecule has 2 aromatic carbocycles. The molecule has 1 aliphatic heterocycles. The van der Waals surface area contributed by atoms with Crippen molar-refractivity contribution in [2.75, 3.05) is 10.6 Å². The van der Waals surface area contributed by atoms with Crippen LogP contribution in [0.1, 0.15) is 29.0 Å². The molecule has 2 amide bonds. The fraction of sp³-hybridized carbons (Fsp3) is 0.182. The maximum Gasteiger partial charge on any atom is 0.257 e. The van der Waals surface area contributed by atoms with Crippen LogP contribution in [0.3, 0.4) is 0 Å². The normalized spacial score (nSPS) is 15.2. The van der Waals surface area contributed by atoms with Gasteiger partial charge in [-0.15, -0.1) is 0 Å². The van der Waals surface area contributed by atoms with Crippen molar-refractivity contribution in [3.63, 3.8) is 0 Å². The number of aromatic nitrogens is 2. The number of anilines is 2. The molecular formula is C22H20N4O3S. The SMILES string of the molecule is Cc1cccc(NC(=O)[C@@H]2CC(=O)Nc3nc(SCc4ccccc4)[nH]c(=O)c32)c1. The predicted molar refractivity (Wildman–Crippen MR) is 117 cm³/mol. The standard InChI is InChI=1S/C22H20N4O3S/c1-13-6-5-9-15(10-13)23-20(28)16-11-17(27)24-19-18(16)21(29)26-22(25-19)30-12-14-7-3-2-4-8-14/h2-10,16H,11-12H2,1H3,(H,23,28)(H2,24,25,26,27,29)/t16-/m1/s1. The molecule has 3 aromatic rings. The van der Waals surface area contributed by atoms with Crippen LogP contribution in [-0.4, -0.2) is 21.8 Å². The van der Waals surface area contributed by atoms with E-state index in [1.54, 1.807) is 6.07 Å². The number of aryl methyl sites for hydroxylation is 1. The molecule has 1 aromatic heterocycles. The van der Waals surface area contributed by atoms with Crippen molar-refractivity contribution in [1.82, 2.24) is 9.97 Å². The maximum absolute atomic E-state index is 12.9. The Morgan fingerprint density at radius 3 is 2.73 bits per heavy atom. The van der Waals surface area contributed by atoms with E-state index in [-0.39, 0.29) is 23.7 Å². The fourth-order valence-electron chi connectivity index (χ4n) is 3.32. The van der Waals surface area contributed by atoms with Crippen molar-refractivity contribution in [1.29, 1.82) is 0 Å². The van der Waals surface area contributed by atoms with Crippen LogP contribution in [0.4, 0.5) is 11.5 Å². The Morgan fingerprint density at radius 2 is 1.97 bits per heavy atom. The molecule has 152 valence electrons. The first-order chi connectivity index (χ1) is 14.5. The number of aromatic amines is 1. The minimum Gasteiger partial charge on any atom is -0.326 e. The molecule has 8 heteroatoms. The summed E-state index contributed by atoms with van der Waals surface area (Å²) in [6.07, 6.45) is -0.105.